The predicted octanol–water partition coefficient (Wildman–Crippen LogP) is 2.53. The molecule has 2 aliphatic heterocycles. The van der Waals surface area contributed by atoms with Crippen molar-refractivity contribution in [3.8, 4) is 0 Å². The van der Waals surface area contributed by atoms with E-state index in [1.165, 1.54) is 6.92 Å². The van der Waals surface area contributed by atoms with Crippen LogP contribution >= 0.6 is 0 Å². The standard InChI is InChI=1S/C13H22O3/c1-9(14)15-8-13-6-5-11(16-13)10(7-13)12(2,3)4/h10-11H,5-8H2,1-4H3. The summed E-state index contributed by atoms with van der Waals surface area (Å²) in [4.78, 5) is 10.9. The first-order chi connectivity index (χ1) is 7.32. The number of rotatable bonds is 2. The number of carbonyl (C=O) groups is 1. The van der Waals surface area contributed by atoms with Gasteiger partial charge < -0.3 is 9.47 Å². The highest BCUT2D eigenvalue weighted by atomic mass is 16.6. The maximum atomic E-state index is 10.9. The molecule has 0 aromatic carbocycles. The Labute approximate surface area is 97.5 Å². The van der Waals surface area contributed by atoms with E-state index >= 15 is 0 Å². The van der Waals surface area contributed by atoms with E-state index in [1.54, 1.807) is 0 Å². The van der Waals surface area contributed by atoms with Gasteiger partial charge in [-0.2, -0.15) is 0 Å². The van der Waals surface area contributed by atoms with Crippen molar-refractivity contribution in [1.82, 2.24) is 0 Å². The third-order valence-electron chi connectivity index (χ3n) is 3.98. The van der Waals surface area contributed by atoms with Crippen LogP contribution in [0.4, 0.5) is 0 Å². The van der Waals surface area contributed by atoms with E-state index in [9.17, 15) is 4.79 Å². The molecule has 0 aliphatic carbocycles. The highest BCUT2D eigenvalue weighted by Gasteiger charge is 2.55. The highest BCUT2D eigenvalue weighted by Crippen LogP contribution is 2.52. The lowest BCUT2D eigenvalue weighted by Gasteiger charge is -2.34. The Morgan fingerprint density at radius 2 is 2.19 bits per heavy atom. The van der Waals surface area contributed by atoms with Crippen molar-refractivity contribution in [2.45, 2.75) is 58.7 Å². The van der Waals surface area contributed by atoms with Crippen LogP contribution < -0.4 is 0 Å². The Balaban J connectivity index is 2.02. The van der Waals surface area contributed by atoms with Gasteiger partial charge in [0.15, 0.2) is 0 Å². The maximum Gasteiger partial charge on any atom is 0.302 e. The molecule has 2 rings (SSSR count). The van der Waals surface area contributed by atoms with Gasteiger partial charge in [0.05, 0.1) is 6.10 Å². The van der Waals surface area contributed by atoms with Crippen molar-refractivity contribution in [1.29, 1.82) is 0 Å². The van der Waals surface area contributed by atoms with E-state index in [4.69, 9.17) is 9.47 Å². The first kappa shape index (κ1) is 11.9. The lowest BCUT2D eigenvalue weighted by molar-refractivity contribution is -0.148. The van der Waals surface area contributed by atoms with Gasteiger partial charge in [-0.05, 0) is 30.6 Å². The summed E-state index contributed by atoms with van der Waals surface area (Å²) in [6.45, 7) is 8.69. The lowest BCUT2D eigenvalue weighted by Crippen LogP contribution is -2.36. The summed E-state index contributed by atoms with van der Waals surface area (Å²) in [5.41, 5.74) is 0.108. The zero-order valence-corrected chi connectivity index (χ0v) is 10.7. The Kier molecular flexibility index (Phi) is 2.77. The molecule has 0 N–H and O–H groups in total. The van der Waals surface area contributed by atoms with E-state index in [0.29, 0.717) is 18.6 Å². The average molecular weight is 226 g/mol. The van der Waals surface area contributed by atoms with Gasteiger partial charge in [-0.3, -0.25) is 4.79 Å². The normalized spacial score (nSPS) is 37.8. The zero-order valence-electron chi connectivity index (χ0n) is 10.7. The summed E-state index contributed by atoms with van der Waals surface area (Å²) < 4.78 is 11.2. The van der Waals surface area contributed by atoms with Gasteiger partial charge in [0.1, 0.15) is 12.2 Å². The van der Waals surface area contributed by atoms with Crippen LogP contribution in [-0.2, 0) is 14.3 Å². The number of esters is 1. The topological polar surface area (TPSA) is 35.5 Å². The third kappa shape index (κ3) is 2.10. The SMILES string of the molecule is CC(=O)OCC12CCC(O1)C(C(C)(C)C)C2. The monoisotopic (exact) mass is 226 g/mol. The summed E-state index contributed by atoms with van der Waals surface area (Å²) in [7, 11) is 0. The molecule has 2 heterocycles. The quantitative estimate of drug-likeness (QED) is 0.679. The maximum absolute atomic E-state index is 10.9. The molecular formula is C13H22O3. The molecule has 0 aromatic heterocycles. The number of carbonyl (C=O) groups excluding carboxylic acids is 1. The molecule has 0 amide bonds. The Bertz CT molecular complexity index is 292. The number of hydrogen-bond donors (Lipinski definition) is 0. The van der Waals surface area contributed by atoms with E-state index in [1.807, 2.05) is 0 Å². The molecule has 0 aromatic rings. The molecule has 16 heavy (non-hydrogen) atoms. The molecule has 0 saturated carbocycles. The molecule has 92 valence electrons. The van der Waals surface area contributed by atoms with Crippen molar-refractivity contribution < 1.29 is 14.3 Å². The number of hydrogen-bond acceptors (Lipinski definition) is 3. The van der Waals surface area contributed by atoms with Gasteiger partial charge in [-0.15, -0.1) is 0 Å². The van der Waals surface area contributed by atoms with Crippen LogP contribution in [0.5, 0.6) is 0 Å². The van der Waals surface area contributed by atoms with Crippen molar-refractivity contribution in [2.75, 3.05) is 6.61 Å². The summed E-state index contributed by atoms with van der Waals surface area (Å²) in [6, 6.07) is 0. The number of fused-ring (bicyclic) bond motifs is 2. The van der Waals surface area contributed by atoms with Crippen LogP contribution in [0.2, 0.25) is 0 Å². The molecule has 2 bridgehead atoms. The minimum absolute atomic E-state index is 0.172. The second kappa shape index (κ2) is 3.73. The fourth-order valence-corrected chi connectivity index (χ4v) is 3.07. The van der Waals surface area contributed by atoms with Gasteiger partial charge in [0.2, 0.25) is 0 Å². The van der Waals surface area contributed by atoms with Crippen molar-refractivity contribution in [3.63, 3.8) is 0 Å². The molecule has 2 saturated heterocycles. The second-order valence-electron chi connectivity index (χ2n) is 6.33. The van der Waals surface area contributed by atoms with Gasteiger partial charge in [-0.25, -0.2) is 0 Å². The Hall–Kier alpha value is -0.570. The van der Waals surface area contributed by atoms with Crippen molar-refractivity contribution in [3.05, 3.63) is 0 Å². The van der Waals surface area contributed by atoms with Gasteiger partial charge >= 0.3 is 5.97 Å². The smallest absolute Gasteiger partial charge is 0.302 e. The summed E-state index contributed by atoms with van der Waals surface area (Å²) in [5.74, 6) is 0.387. The molecule has 3 unspecified atom stereocenters. The first-order valence-electron chi connectivity index (χ1n) is 6.14. The van der Waals surface area contributed by atoms with Gasteiger partial charge in [0.25, 0.3) is 0 Å². The van der Waals surface area contributed by atoms with Crippen LogP contribution in [0.3, 0.4) is 0 Å². The Morgan fingerprint density at radius 1 is 1.50 bits per heavy atom. The molecule has 0 radical (unpaired) electrons. The van der Waals surface area contributed by atoms with Crippen LogP contribution in [0.25, 0.3) is 0 Å². The van der Waals surface area contributed by atoms with Crippen molar-refractivity contribution in [2.24, 2.45) is 11.3 Å². The summed E-state index contributed by atoms with van der Waals surface area (Å²) in [5, 5.41) is 0. The molecule has 3 nitrogen and oxygen atoms in total. The second-order valence-corrected chi connectivity index (χ2v) is 6.33. The van der Waals surface area contributed by atoms with E-state index in [2.05, 4.69) is 20.8 Å². The summed E-state index contributed by atoms with van der Waals surface area (Å²) in [6.07, 6.45) is 3.56. The van der Waals surface area contributed by atoms with Crippen LogP contribution in [0.1, 0.15) is 47.0 Å². The highest BCUT2D eigenvalue weighted by molar-refractivity contribution is 5.65. The average Bonchev–Trinajstić information content (AvgIpc) is 2.71. The largest absolute Gasteiger partial charge is 0.463 e. The van der Waals surface area contributed by atoms with Gasteiger partial charge in [0, 0.05) is 6.92 Å². The lowest BCUT2D eigenvalue weighted by atomic mass is 9.69. The van der Waals surface area contributed by atoms with Crippen molar-refractivity contribution >= 4 is 5.97 Å². The third-order valence-corrected chi connectivity index (χ3v) is 3.98. The predicted molar refractivity (Wildman–Crippen MR) is 61.0 cm³/mol. The van der Waals surface area contributed by atoms with Gasteiger partial charge in [-0.1, -0.05) is 20.8 Å². The molecule has 3 heteroatoms. The molecule has 3 atom stereocenters. The van der Waals surface area contributed by atoms with E-state index < -0.39 is 0 Å². The fraction of sp³-hybridized carbons (Fsp3) is 0.923. The van der Waals surface area contributed by atoms with Crippen LogP contribution in [0.15, 0.2) is 0 Å². The summed E-state index contributed by atoms with van der Waals surface area (Å²) >= 11 is 0. The molecule has 0 spiro atoms. The fourth-order valence-electron chi connectivity index (χ4n) is 3.07. The zero-order chi connectivity index (χ0) is 12.0. The molecule has 2 fully saturated rings. The minimum Gasteiger partial charge on any atom is -0.463 e. The number of ether oxygens (including phenoxy) is 2. The molecule has 2 aliphatic rings. The minimum atomic E-state index is -0.208. The van der Waals surface area contributed by atoms with E-state index in [0.717, 1.165) is 19.3 Å². The Morgan fingerprint density at radius 3 is 2.69 bits per heavy atom. The van der Waals surface area contributed by atoms with E-state index in [-0.39, 0.29) is 17.0 Å². The first-order valence-corrected chi connectivity index (χ1v) is 6.14. The van der Waals surface area contributed by atoms with Crippen LogP contribution in [-0.4, -0.2) is 24.3 Å². The van der Waals surface area contributed by atoms with Crippen LogP contribution in [0, 0.1) is 11.3 Å². The molecular weight excluding hydrogens is 204 g/mol.